The van der Waals surface area contributed by atoms with Gasteiger partial charge in [0.2, 0.25) is 5.88 Å². The molecule has 0 unspecified atom stereocenters. The summed E-state index contributed by atoms with van der Waals surface area (Å²) in [6.07, 6.45) is -0.238. The maximum Gasteiger partial charge on any atom is 0.416 e. The molecule has 0 radical (unpaired) electrons. The van der Waals surface area contributed by atoms with Crippen LogP contribution in [0.3, 0.4) is 0 Å². The highest BCUT2D eigenvalue weighted by Gasteiger charge is 2.33. The highest BCUT2D eigenvalue weighted by Crippen LogP contribution is 2.35. The monoisotopic (exact) mass is 474 g/mol. The highest BCUT2D eigenvalue weighted by atomic mass is 19.4. The van der Waals surface area contributed by atoms with E-state index in [2.05, 4.69) is 20.2 Å². The van der Waals surface area contributed by atoms with Gasteiger partial charge in [-0.05, 0) is 38.0 Å². The van der Waals surface area contributed by atoms with Crippen molar-refractivity contribution in [3.63, 3.8) is 0 Å². The van der Waals surface area contributed by atoms with Crippen LogP contribution in [0, 0.1) is 6.92 Å². The van der Waals surface area contributed by atoms with Crippen molar-refractivity contribution in [1.29, 1.82) is 0 Å². The lowest BCUT2D eigenvalue weighted by atomic mass is 10.0. The van der Waals surface area contributed by atoms with E-state index in [-0.39, 0.29) is 29.6 Å². The number of benzene rings is 1. The number of hydrogen-bond acceptors (Lipinski definition) is 7. The number of rotatable bonds is 6. The fourth-order valence-electron chi connectivity index (χ4n) is 3.56. The fourth-order valence-corrected chi connectivity index (χ4v) is 3.56. The van der Waals surface area contributed by atoms with Crippen molar-refractivity contribution in [3.8, 4) is 11.8 Å². The van der Waals surface area contributed by atoms with Crippen LogP contribution in [0.5, 0.6) is 5.88 Å². The van der Waals surface area contributed by atoms with E-state index < -0.39 is 23.8 Å². The molecule has 4 rings (SSSR count). The maximum atomic E-state index is 13.4. The Hall–Kier alpha value is -3.96. The number of hydrogen-bond donors (Lipinski definition) is 0. The van der Waals surface area contributed by atoms with Gasteiger partial charge in [0, 0.05) is 6.20 Å². The van der Waals surface area contributed by atoms with Gasteiger partial charge in [-0.3, -0.25) is 4.68 Å². The topological polar surface area (TPSA) is 97.0 Å². The van der Waals surface area contributed by atoms with Gasteiger partial charge >= 0.3 is 12.1 Å². The van der Waals surface area contributed by atoms with E-state index in [1.807, 2.05) is 0 Å². The molecule has 0 saturated heterocycles. The van der Waals surface area contributed by atoms with Crippen molar-refractivity contribution in [2.75, 3.05) is 13.7 Å². The Labute approximate surface area is 192 Å². The fraction of sp³-hybridized carbons (Fsp3) is 0.318. The van der Waals surface area contributed by atoms with Gasteiger partial charge < -0.3 is 9.47 Å². The predicted molar refractivity (Wildman–Crippen MR) is 115 cm³/mol. The van der Waals surface area contributed by atoms with Crippen LogP contribution in [0.25, 0.3) is 17.0 Å². The van der Waals surface area contributed by atoms with Crippen LogP contribution in [-0.4, -0.2) is 49.2 Å². The zero-order chi connectivity index (χ0) is 24.6. The summed E-state index contributed by atoms with van der Waals surface area (Å²) in [6.45, 7) is 5.07. The number of aromatic nitrogens is 6. The van der Waals surface area contributed by atoms with Crippen LogP contribution in [-0.2, 0) is 10.9 Å². The Morgan fingerprint density at radius 3 is 2.62 bits per heavy atom. The number of ether oxygens (including phenoxy) is 2. The number of nitrogens with zero attached hydrogens (tertiary/aromatic N) is 6. The molecule has 0 amide bonds. The molecule has 0 N–H and O–H groups in total. The Morgan fingerprint density at radius 1 is 1.18 bits per heavy atom. The van der Waals surface area contributed by atoms with Crippen molar-refractivity contribution in [2.24, 2.45) is 0 Å². The van der Waals surface area contributed by atoms with Crippen molar-refractivity contribution >= 4 is 17.0 Å². The normalized spacial score (nSPS) is 12.7. The van der Waals surface area contributed by atoms with E-state index in [1.54, 1.807) is 19.9 Å². The van der Waals surface area contributed by atoms with E-state index in [1.165, 1.54) is 48.1 Å². The molecule has 1 atom stereocenters. The number of esters is 1. The van der Waals surface area contributed by atoms with Gasteiger partial charge in [-0.25, -0.2) is 14.5 Å². The molecule has 0 aliphatic carbocycles. The number of carbonyl (C=O) groups is 1. The first-order valence-electron chi connectivity index (χ1n) is 10.3. The van der Waals surface area contributed by atoms with Gasteiger partial charge in [-0.1, -0.05) is 12.1 Å². The second-order valence-corrected chi connectivity index (χ2v) is 7.50. The summed E-state index contributed by atoms with van der Waals surface area (Å²) in [4.78, 5) is 20.7. The molecule has 1 aromatic carbocycles. The quantitative estimate of drug-likeness (QED) is 0.388. The zero-order valence-corrected chi connectivity index (χ0v) is 18.8. The van der Waals surface area contributed by atoms with E-state index in [4.69, 9.17) is 9.47 Å². The molecule has 9 nitrogen and oxygen atoms in total. The van der Waals surface area contributed by atoms with E-state index in [9.17, 15) is 18.0 Å². The maximum absolute atomic E-state index is 13.4. The second-order valence-electron chi connectivity index (χ2n) is 7.50. The Kier molecular flexibility index (Phi) is 5.98. The third-order valence-electron chi connectivity index (χ3n) is 5.31. The smallest absolute Gasteiger partial charge is 0.416 e. The van der Waals surface area contributed by atoms with E-state index >= 15 is 0 Å². The summed E-state index contributed by atoms with van der Waals surface area (Å²) in [7, 11) is 1.41. The number of halogens is 3. The summed E-state index contributed by atoms with van der Waals surface area (Å²) in [6, 6.07) is 3.62. The molecule has 0 spiro atoms. The SMILES string of the molecule is CCOC(=O)c1cnn(-c2nc(OC)c3c(cnn3[C@H](C)c3ccc(C)c(C(F)(F)F)c3)n2)c1. The third kappa shape index (κ3) is 4.18. The van der Waals surface area contributed by atoms with Crippen LogP contribution >= 0.6 is 0 Å². The zero-order valence-electron chi connectivity index (χ0n) is 18.8. The molecule has 4 aromatic rings. The number of carbonyl (C=O) groups excluding carboxylic acids is 1. The van der Waals surface area contributed by atoms with Crippen LogP contribution in [0.4, 0.5) is 13.2 Å². The van der Waals surface area contributed by atoms with Gasteiger partial charge in [0.15, 0.2) is 0 Å². The Morgan fingerprint density at radius 2 is 1.94 bits per heavy atom. The van der Waals surface area contributed by atoms with Crippen molar-refractivity contribution in [3.05, 3.63) is 59.0 Å². The number of alkyl halides is 3. The van der Waals surface area contributed by atoms with Crippen molar-refractivity contribution in [2.45, 2.75) is 33.0 Å². The van der Waals surface area contributed by atoms with Crippen LogP contribution in [0.1, 0.15) is 46.9 Å². The minimum Gasteiger partial charge on any atom is -0.479 e. The molecule has 0 saturated carbocycles. The standard InChI is InChI=1S/C22H21F3N6O3/c1-5-34-20(32)15-9-26-30(11-15)21-28-17-10-27-31(18(17)19(29-21)33-4)13(3)14-7-6-12(2)16(8-14)22(23,24)25/h6-11,13H,5H2,1-4H3/t13-/m1/s1. The van der Waals surface area contributed by atoms with Gasteiger partial charge in [-0.2, -0.15) is 28.4 Å². The molecule has 0 aliphatic heterocycles. The lowest BCUT2D eigenvalue weighted by molar-refractivity contribution is -0.138. The van der Waals surface area contributed by atoms with Crippen LogP contribution in [0.15, 0.2) is 36.8 Å². The van der Waals surface area contributed by atoms with Crippen LogP contribution in [0.2, 0.25) is 0 Å². The highest BCUT2D eigenvalue weighted by molar-refractivity contribution is 5.88. The van der Waals surface area contributed by atoms with Crippen molar-refractivity contribution in [1.82, 2.24) is 29.5 Å². The summed E-state index contributed by atoms with van der Waals surface area (Å²) < 4.78 is 53.4. The molecular weight excluding hydrogens is 453 g/mol. The lowest BCUT2D eigenvalue weighted by Gasteiger charge is -2.18. The number of methoxy groups -OCH3 is 1. The first-order chi connectivity index (χ1) is 16.1. The largest absolute Gasteiger partial charge is 0.479 e. The van der Waals surface area contributed by atoms with E-state index in [0.29, 0.717) is 16.6 Å². The third-order valence-corrected chi connectivity index (χ3v) is 5.31. The molecular formula is C22H21F3N6O3. The summed E-state index contributed by atoms with van der Waals surface area (Å²) in [5, 5.41) is 8.44. The van der Waals surface area contributed by atoms with E-state index in [0.717, 1.165) is 6.07 Å². The summed E-state index contributed by atoms with van der Waals surface area (Å²) in [5.41, 5.74) is 0.889. The predicted octanol–water partition coefficient (Wildman–Crippen LogP) is 4.13. The first-order valence-corrected chi connectivity index (χ1v) is 10.3. The first kappa shape index (κ1) is 23.2. The van der Waals surface area contributed by atoms with Gasteiger partial charge in [0.25, 0.3) is 5.95 Å². The molecule has 0 bridgehead atoms. The number of aryl methyl sites for hydroxylation is 1. The Bertz CT molecular complexity index is 1360. The molecule has 34 heavy (non-hydrogen) atoms. The molecule has 0 aliphatic rings. The molecule has 12 heteroatoms. The average molecular weight is 474 g/mol. The van der Waals surface area contributed by atoms with Gasteiger partial charge in [0.1, 0.15) is 11.0 Å². The Balaban J connectivity index is 1.75. The minimum atomic E-state index is -4.46. The van der Waals surface area contributed by atoms with Crippen molar-refractivity contribution < 1.29 is 27.4 Å². The lowest BCUT2D eigenvalue weighted by Crippen LogP contribution is -2.13. The van der Waals surface area contributed by atoms with Crippen LogP contribution < -0.4 is 4.74 Å². The van der Waals surface area contributed by atoms with Gasteiger partial charge in [-0.15, -0.1) is 0 Å². The number of fused-ring (bicyclic) bond motifs is 1. The molecule has 0 fully saturated rings. The summed E-state index contributed by atoms with van der Waals surface area (Å²) >= 11 is 0. The second kappa shape index (κ2) is 8.76. The molecule has 178 valence electrons. The van der Waals surface area contributed by atoms with Gasteiger partial charge in [0.05, 0.1) is 43.3 Å². The average Bonchev–Trinajstić information content (AvgIpc) is 3.45. The molecule has 3 aromatic heterocycles. The minimum absolute atomic E-state index is 0.127. The summed E-state index contributed by atoms with van der Waals surface area (Å²) in [5.74, 6) is -0.248. The molecule has 3 heterocycles.